The van der Waals surface area contributed by atoms with E-state index >= 15 is 0 Å². The molecule has 1 aromatic carbocycles. The van der Waals surface area contributed by atoms with Gasteiger partial charge in [-0.25, -0.2) is 4.98 Å². The first kappa shape index (κ1) is 13.5. The summed E-state index contributed by atoms with van der Waals surface area (Å²) in [6, 6.07) is 6.94. The van der Waals surface area contributed by atoms with Gasteiger partial charge >= 0.3 is 10.2 Å². The summed E-state index contributed by atoms with van der Waals surface area (Å²) in [5.41, 5.74) is 1.22. The molecule has 0 aliphatic heterocycles. The average Bonchev–Trinajstić information content (AvgIpc) is 2.75. The summed E-state index contributed by atoms with van der Waals surface area (Å²) in [5, 5.41) is 4.17. The molecule has 0 saturated carbocycles. The van der Waals surface area contributed by atoms with Gasteiger partial charge in [0.15, 0.2) is 5.82 Å². The zero-order valence-corrected chi connectivity index (χ0v) is 11.7. The molecule has 2 aromatic rings. The molecule has 1 aromatic heterocycles. The van der Waals surface area contributed by atoms with Crippen LogP contribution < -0.4 is 4.72 Å². The standard InChI is InChI=1S/C11H15N5O2S/c1-15(2)19(17,18)14-10-6-4-5-9(7-10)11-12-8-16(3)13-11/h4-8,14H,1-3H3. The Labute approximate surface area is 112 Å². The SMILES string of the molecule is CN(C)S(=O)(=O)Nc1cccc(-c2ncn(C)n2)c1. The van der Waals surface area contributed by atoms with E-state index in [4.69, 9.17) is 0 Å². The monoisotopic (exact) mass is 281 g/mol. The molecule has 0 amide bonds. The number of nitrogens with zero attached hydrogens (tertiary/aromatic N) is 4. The van der Waals surface area contributed by atoms with Crippen LogP contribution in [0.4, 0.5) is 5.69 Å². The van der Waals surface area contributed by atoms with Gasteiger partial charge in [-0.2, -0.15) is 17.8 Å². The molecule has 0 unspecified atom stereocenters. The summed E-state index contributed by atoms with van der Waals surface area (Å²) in [4.78, 5) is 4.12. The molecule has 2 rings (SSSR count). The van der Waals surface area contributed by atoms with Gasteiger partial charge in [0.25, 0.3) is 0 Å². The molecular formula is C11H15N5O2S. The number of aryl methyl sites for hydroxylation is 1. The van der Waals surface area contributed by atoms with Crippen LogP contribution in [0.3, 0.4) is 0 Å². The van der Waals surface area contributed by atoms with Crippen LogP contribution in [-0.2, 0) is 17.3 Å². The van der Waals surface area contributed by atoms with Gasteiger partial charge in [0.2, 0.25) is 0 Å². The predicted octanol–water partition coefficient (Wildman–Crippen LogP) is 0.700. The first-order chi connectivity index (χ1) is 8.88. The van der Waals surface area contributed by atoms with Crippen molar-refractivity contribution in [2.75, 3.05) is 18.8 Å². The van der Waals surface area contributed by atoms with Crippen molar-refractivity contribution >= 4 is 15.9 Å². The van der Waals surface area contributed by atoms with Crippen molar-refractivity contribution in [2.24, 2.45) is 7.05 Å². The second-order valence-electron chi connectivity index (χ2n) is 4.21. The highest BCUT2D eigenvalue weighted by Gasteiger charge is 2.13. The number of benzene rings is 1. The van der Waals surface area contributed by atoms with Crippen LogP contribution in [0.15, 0.2) is 30.6 Å². The van der Waals surface area contributed by atoms with E-state index in [-0.39, 0.29) is 0 Å². The molecule has 0 aliphatic carbocycles. The lowest BCUT2D eigenvalue weighted by molar-refractivity contribution is 0.527. The Morgan fingerprint density at radius 2 is 2.05 bits per heavy atom. The molecule has 8 heteroatoms. The highest BCUT2D eigenvalue weighted by Crippen LogP contribution is 2.20. The summed E-state index contributed by atoms with van der Waals surface area (Å²) in [7, 11) is 1.19. The molecule has 102 valence electrons. The first-order valence-corrected chi connectivity index (χ1v) is 6.99. The van der Waals surface area contributed by atoms with E-state index in [9.17, 15) is 8.42 Å². The third kappa shape index (κ3) is 3.09. The summed E-state index contributed by atoms with van der Waals surface area (Å²) in [6.45, 7) is 0. The lowest BCUT2D eigenvalue weighted by atomic mass is 10.2. The smallest absolute Gasteiger partial charge is 0.271 e. The van der Waals surface area contributed by atoms with E-state index in [0.717, 1.165) is 9.87 Å². The predicted molar refractivity (Wildman–Crippen MR) is 72.7 cm³/mol. The Kier molecular flexibility index (Phi) is 3.54. The Bertz CT molecular complexity index is 678. The molecule has 0 spiro atoms. The number of rotatable bonds is 4. The van der Waals surface area contributed by atoms with Gasteiger partial charge in [-0.05, 0) is 12.1 Å². The Morgan fingerprint density at radius 1 is 1.32 bits per heavy atom. The van der Waals surface area contributed by atoms with Crippen molar-refractivity contribution in [2.45, 2.75) is 0 Å². The minimum absolute atomic E-state index is 0.471. The third-order valence-electron chi connectivity index (χ3n) is 2.45. The van der Waals surface area contributed by atoms with Crippen LogP contribution in [-0.4, -0.2) is 41.6 Å². The maximum absolute atomic E-state index is 11.7. The van der Waals surface area contributed by atoms with E-state index in [0.29, 0.717) is 11.5 Å². The van der Waals surface area contributed by atoms with Gasteiger partial charge in [0.1, 0.15) is 6.33 Å². The van der Waals surface area contributed by atoms with Crippen molar-refractivity contribution in [1.29, 1.82) is 0 Å². The minimum atomic E-state index is -3.51. The molecule has 1 heterocycles. The number of aromatic nitrogens is 3. The van der Waals surface area contributed by atoms with E-state index in [1.54, 1.807) is 36.3 Å². The molecule has 0 aliphatic rings. The van der Waals surface area contributed by atoms with Gasteiger partial charge in [-0.3, -0.25) is 9.40 Å². The molecule has 0 atom stereocenters. The normalized spacial score (nSPS) is 11.8. The maximum atomic E-state index is 11.7. The van der Waals surface area contributed by atoms with E-state index in [1.165, 1.54) is 14.1 Å². The molecular weight excluding hydrogens is 266 g/mol. The van der Waals surface area contributed by atoms with Gasteiger partial charge in [0, 0.05) is 26.7 Å². The second kappa shape index (κ2) is 4.98. The van der Waals surface area contributed by atoms with E-state index < -0.39 is 10.2 Å². The fourth-order valence-corrected chi connectivity index (χ4v) is 2.04. The molecule has 0 radical (unpaired) electrons. The molecule has 19 heavy (non-hydrogen) atoms. The lowest BCUT2D eigenvalue weighted by Gasteiger charge is -2.13. The Hall–Kier alpha value is -1.93. The summed E-state index contributed by atoms with van der Waals surface area (Å²) < 4.78 is 28.6. The second-order valence-corrected chi connectivity index (χ2v) is 6.10. The van der Waals surface area contributed by atoms with Crippen molar-refractivity contribution in [3.63, 3.8) is 0 Å². The number of anilines is 1. The van der Waals surface area contributed by atoms with Crippen molar-refractivity contribution < 1.29 is 8.42 Å². The quantitative estimate of drug-likeness (QED) is 0.894. The van der Waals surface area contributed by atoms with Crippen LogP contribution in [0.25, 0.3) is 11.4 Å². The van der Waals surface area contributed by atoms with Gasteiger partial charge in [-0.15, -0.1) is 0 Å². The van der Waals surface area contributed by atoms with Crippen molar-refractivity contribution in [1.82, 2.24) is 19.1 Å². The molecule has 1 N–H and O–H groups in total. The Morgan fingerprint density at radius 3 is 2.63 bits per heavy atom. The first-order valence-electron chi connectivity index (χ1n) is 5.55. The van der Waals surface area contributed by atoms with Gasteiger partial charge < -0.3 is 0 Å². The largest absolute Gasteiger partial charge is 0.301 e. The van der Waals surface area contributed by atoms with E-state index in [1.807, 2.05) is 6.07 Å². The van der Waals surface area contributed by atoms with Crippen LogP contribution in [0.5, 0.6) is 0 Å². The maximum Gasteiger partial charge on any atom is 0.301 e. The fraction of sp³-hybridized carbons (Fsp3) is 0.273. The zero-order valence-electron chi connectivity index (χ0n) is 10.9. The van der Waals surface area contributed by atoms with Crippen molar-refractivity contribution in [3.05, 3.63) is 30.6 Å². The minimum Gasteiger partial charge on any atom is -0.271 e. The summed E-state index contributed by atoms with van der Waals surface area (Å²) in [6.07, 6.45) is 1.59. The number of nitrogens with one attached hydrogen (secondary N) is 1. The van der Waals surface area contributed by atoms with Gasteiger partial charge in [0.05, 0.1) is 5.69 Å². The number of hydrogen-bond acceptors (Lipinski definition) is 4. The highest BCUT2D eigenvalue weighted by atomic mass is 32.2. The summed E-state index contributed by atoms with van der Waals surface area (Å²) >= 11 is 0. The molecule has 0 fully saturated rings. The van der Waals surface area contributed by atoms with Gasteiger partial charge in [-0.1, -0.05) is 12.1 Å². The zero-order chi connectivity index (χ0) is 14.0. The number of hydrogen-bond donors (Lipinski definition) is 1. The fourth-order valence-electron chi connectivity index (χ4n) is 1.43. The van der Waals surface area contributed by atoms with Crippen LogP contribution >= 0.6 is 0 Å². The van der Waals surface area contributed by atoms with E-state index in [2.05, 4.69) is 14.8 Å². The van der Waals surface area contributed by atoms with Crippen LogP contribution in [0.1, 0.15) is 0 Å². The van der Waals surface area contributed by atoms with Crippen LogP contribution in [0.2, 0.25) is 0 Å². The van der Waals surface area contributed by atoms with Crippen molar-refractivity contribution in [3.8, 4) is 11.4 Å². The molecule has 0 bridgehead atoms. The highest BCUT2D eigenvalue weighted by molar-refractivity contribution is 7.90. The molecule has 0 saturated heterocycles. The Balaban J connectivity index is 2.30. The summed E-state index contributed by atoms with van der Waals surface area (Å²) in [5.74, 6) is 0.549. The third-order valence-corrected chi connectivity index (χ3v) is 3.90. The topological polar surface area (TPSA) is 80.1 Å². The lowest BCUT2D eigenvalue weighted by Crippen LogP contribution is -2.28. The average molecular weight is 281 g/mol. The van der Waals surface area contributed by atoms with Crippen LogP contribution in [0, 0.1) is 0 Å². The molecule has 7 nitrogen and oxygen atoms in total.